The number of benzene rings is 1. The Morgan fingerprint density at radius 3 is 2.10 bits per heavy atom. The largest absolute Gasteiger partial charge is 0.379 e. The Balaban J connectivity index is 1.59. The van der Waals surface area contributed by atoms with Crippen molar-refractivity contribution in [3.8, 4) is 0 Å². The van der Waals surface area contributed by atoms with Gasteiger partial charge in [0.1, 0.15) is 0 Å². The van der Waals surface area contributed by atoms with Crippen molar-refractivity contribution in [1.82, 2.24) is 13.9 Å². The van der Waals surface area contributed by atoms with Gasteiger partial charge in [0.25, 0.3) is 0 Å². The van der Waals surface area contributed by atoms with Crippen LogP contribution >= 0.6 is 0 Å². The average molecular weight is 446 g/mol. The van der Waals surface area contributed by atoms with Crippen LogP contribution in [0.25, 0.3) is 0 Å². The fraction of sp³-hybridized carbons (Fsp3) is 0.684. The molecule has 1 aromatic rings. The maximum atomic E-state index is 12.6. The van der Waals surface area contributed by atoms with Gasteiger partial charge in [0, 0.05) is 39.3 Å². The smallest absolute Gasteiger partial charge is 0.243 e. The number of hydrogen-bond acceptors (Lipinski definition) is 6. The van der Waals surface area contributed by atoms with Gasteiger partial charge in [-0.05, 0) is 42.5 Å². The van der Waals surface area contributed by atoms with Crippen LogP contribution in [-0.4, -0.2) is 78.5 Å². The topological polar surface area (TPSA) is 96.0 Å². The fourth-order valence-corrected chi connectivity index (χ4v) is 6.55. The Bertz CT molecular complexity index is 871. The van der Waals surface area contributed by atoms with E-state index in [1.807, 2.05) is 0 Å². The van der Waals surface area contributed by atoms with E-state index < -0.39 is 20.0 Å². The number of piperidine rings is 1. The minimum Gasteiger partial charge on any atom is -0.379 e. The summed E-state index contributed by atoms with van der Waals surface area (Å²) in [5, 5.41) is 0. The zero-order valence-electron chi connectivity index (χ0n) is 17.1. The van der Waals surface area contributed by atoms with Gasteiger partial charge in [0.15, 0.2) is 0 Å². The Hall–Kier alpha value is -1.04. The lowest BCUT2D eigenvalue weighted by molar-refractivity contribution is 0.0730. The predicted octanol–water partition coefficient (Wildman–Crippen LogP) is 0.964. The second-order valence-corrected chi connectivity index (χ2v) is 11.8. The van der Waals surface area contributed by atoms with Gasteiger partial charge in [-0.2, -0.15) is 4.31 Å². The first-order chi connectivity index (χ1) is 13.7. The molecule has 2 aliphatic rings. The van der Waals surface area contributed by atoms with Crippen LogP contribution in [0.4, 0.5) is 0 Å². The zero-order chi connectivity index (χ0) is 21.1. The molecule has 1 N–H and O–H groups in total. The minimum atomic E-state index is -3.68. The van der Waals surface area contributed by atoms with Gasteiger partial charge in [0.2, 0.25) is 20.0 Å². The van der Waals surface area contributed by atoms with Crippen LogP contribution in [0.1, 0.15) is 20.3 Å². The van der Waals surface area contributed by atoms with E-state index >= 15 is 0 Å². The van der Waals surface area contributed by atoms with Crippen molar-refractivity contribution in [3.63, 3.8) is 0 Å². The maximum Gasteiger partial charge on any atom is 0.243 e. The van der Waals surface area contributed by atoms with Crippen LogP contribution in [0.2, 0.25) is 0 Å². The summed E-state index contributed by atoms with van der Waals surface area (Å²) in [6.45, 7) is 8.75. The molecule has 0 aliphatic carbocycles. The van der Waals surface area contributed by atoms with E-state index in [0.29, 0.717) is 51.2 Å². The highest BCUT2D eigenvalue weighted by atomic mass is 32.2. The van der Waals surface area contributed by atoms with Crippen molar-refractivity contribution in [3.05, 3.63) is 24.3 Å². The highest BCUT2D eigenvalue weighted by Gasteiger charge is 2.27. The number of sulfonamides is 2. The fourth-order valence-electron chi connectivity index (χ4n) is 4.12. The second kappa shape index (κ2) is 9.40. The summed E-state index contributed by atoms with van der Waals surface area (Å²) in [6, 6.07) is 5.40. The first-order valence-corrected chi connectivity index (χ1v) is 13.0. The summed E-state index contributed by atoms with van der Waals surface area (Å²) in [4.78, 5) is 2.45. The lowest BCUT2D eigenvalue weighted by atomic mass is 9.92. The Labute approximate surface area is 174 Å². The van der Waals surface area contributed by atoms with Gasteiger partial charge in [0.05, 0.1) is 23.0 Å². The SMILES string of the molecule is CC1CC(C)CN(CCNS(=O)(=O)c2ccc(S(=O)(=O)N3CCOCC3)cc2)C1. The molecule has 0 amide bonds. The molecule has 3 rings (SSSR count). The molecule has 0 saturated carbocycles. The number of rotatable bonds is 7. The number of likely N-dealkylation sites (tertiary alicyclic amines) is 1. The van der Waals surface area contributed by atoms with Crippen LogP contribution in [0.5, 0.6) is 0 Å². The Morgan fingerprint density at radius 2 is 1.52 bits per heavy atom. The normalized spacial score (nSPS) is 25.2. The van der Waals surface area contributed by atoms with Crippen molar-refractivity contribution in [2.24, 2.45) is 11.8 Å². The molecule has 0 radical (unpaired) electrons. The second-order valence-electron chi connectivity index (χ2n) is 8.09. The molecule has 2 atom stereocenters. The molecule has 0 spiro atoms. The molecule has 2 heterocycles. The van der Waals surface area contributed by atoms with E-state index in [0.717, 1.165) is 13.1 Å². The quantitative estimate of drug-likeness (QED) is 0.672. The predicted molar refractivity (Wildman–Crippen MR) is 111 cm³/mol. The third-order valence-electron chi connectivity index (χ3n) is 5.41. The van der Waals surface area contributed by atoms with Crippen LogP contribution in [0, 0.1) is 11.8 Å². The molecule has 8 nitrogen and oxygen atoms in total. The van der Waals surface area contributed by atoms with Crippen LogP contribution < -0.4 is 4.72 Å². The third kappa shape index (κ3) is 5.77. The van der Waals surface area contributed by atoms with Crippen LogP contribution in [0.3, 0.4) is 0 Å². The highest BCUT2D eigenvalue weighted by molar-refractivity contribution is 7.89. The average Bonchev–Trinajstić information content (AvgIpc) is 2.68. The molecule has 2 saturated heterocycles. The van der Waals surface area contributed by atoms with E-state index in [1.165, 1.54) is 35.0 Å². The van der Waals surface area contributed by atoms with E-state index in [2.05, 4.69) is 23.5 Å². The van der Waals surface area contributed by atoms with Gasteiger partial charge < -0.3 is 9.64 Å². The molecule has 164 valence electrons. The Morgan fingerprint density at radius 1 is 0.966 bits per heavy atom. The molecule has 2 unspecified atom stereocenters. The molecule has 2 aliphatic heterocycles. The minimum absolute atomic E-state index is 0.0683. The van der Waals surface area contributed by atoms with Gasteiger partial charge in [-0.15, -0.1) is 0 Å². The number of ether oxygens (including phenoxy) is 1. The van der Waals surface area contributed by atoms with Gasteiger partial charge >= 0.3 is 0 Å². The van der Waals surface area contributed by atoms with Crippen molar-refractivity contribution in [1.29, 1.82) is 0 Å². The summed E-state index contributed by atoms with van der Waals surface area (Å²) in [5.74, 6) is 1.24. The number of nitrogens with zero attached hydrogens (tertiary/aromatic N) is 2. The van der Waals surface area contributed by atoms with E-state index in [-0.39, 0.29) is 9.79 Å². The van der Waals surface area contributed by atoms with Crippen molar-refractivity contribution in [2.45, 2.75) is 30.1 Å². The van der Waals surface area contributed by atoms with E-state index in [9.17, 15) is 16.8 Å². The molecule has 0 bridgehead atoms. The third-order valence-corrected chi connectivity index (χ3v) is 8.80. The highest BCUT2D eigenvalue weighted by Crippen LogP contribution is 2.21. The standard InChI is InChI=1S/C19H31N3O5S2/c1-16-13-17(2)15-21(14-16)8-7-20-28(23,24)18-3-5-19(6-4-18)29(25,26)22-9-11-27-12-10-22/h3-6,16-17,20H,7-15H2,1-2H3. The van der Waals surface area contributed by atoms with E-state index in [4.69, 9.17) is 4.74 Å². The summed E-state index contributed by atoms with van der Waals surface area (Å²) >= 11 is 0. The molecule has 2 fully saturated rings. The van der Waals surface area contributed by atoms with Gasteiger partial charge in [-0.3, -0.25) is 0 Å². The Kier molecular flexibility index (Phi) is 7.34. The molecule has 1 aromatic carbocycles. The molecular formula is C19H31N3O5S2. The molecule has 0 aromatic heterocycles. The molecule has 29 heavy (non-hydrogen) atoms. The van der Waals surface area contributed by atoms with Crippen LogP contribution in [-0.2, 0) is 24.8 Å². The number of morpholine rings is 1. The monoisotopic (exact) mass is 445 g/mol. The summed E-state index contributed by atoms with van der Waals surface area (Å²) in [5.41, 5.74) is 0. The summed E-state index contributed by atoms with van der Waals surface area (Å²) in [6.07, 6.45) is 1.21. The maximum absolute atomic E-state index is 12.6. The molecule has 10 heteroatoms. The lowest BCUT2D eigenvalue weighted by Crippen LogP contribution is -2.42. The summed E-state index contributed by atoms with van der Waals surface area (Å²) < 4.78 is 59.6. The van der Waals surface area contributed by atoms with Crippen molar-refractivity contribution in [2.75, 3.05) is 52.5 Å². The lowest BCUT2D eigenvalue weighted by Gasteiger charge is -2.34. The zero-order valence-corrected chi connectivity index (χ0v) is 18.7. The number of nitrogens with one attached hydrogen (secondary N) is 1. The van der Waals surface area contributed by atoms with Gasteiger partial charge in [-0.1, -0.05) is 13.8 Å². The molecular weight excluding hydrogens is 414 g/mol. The summed E-state index contributed by atoms with van der Waals surface area (Å²) in [7, 11) is -7.32. The first-order valence-electron chi connectivity index (χ1n) is 10.1. The van der Waals surface area contributed by atoms with Gasteiger partial charge in [-0.25, -0.2) is 21.6 Å². The first kappa shape index (κ1) is 22.6. The van der Waals surface area contributed by atoms with Crippen molar-refractivity contribution < 1.29 is 21.6 Å². The number of hydrogen-bond donors (Lipinski definition) is 1. The van der Waals surface area contributed by atoms with Crippen molar-refractivity contribution >= 4 is 20.0 Å². The van der Waals surface area contributed by atoms with Crippen LogP contribution in [0.15, 0.2) is 34.1 Å². The van der Waals surface area contributed by atoms with E-state index in [1.54, 1.807) is 0 Å².